The Morgan fingerprint density at radius 2 is 2.28 bits per heavy atom. The highest BCUT2D eigenvalue weighted by molar-refractivity contribution is 7.98. The monoisotopic (exact) mass is 286 g/mol. The average Bonchev–Trinajstić information content (AvgIpc) is 2.27. The van der Waals surface area contributed by atoms with Gasteiger partial charge in [-0.1, -0.05) is 29.4 Å². The number of aromatic nitrogens is 2. The predicted octanol–water partition coefficient (Wildman–Crippen LogP) is 2.56. The van der Waals surface area contributed by atoms with Crippen molar-refractivity contribution >= 4 is 23.4 Å². The first-order valence-electron chi connectivity index (χ1n) is 4.92. The minimum Gasteiger partial charge on any atom is -0.493 e. The number of aromatic amines is 1. The van der Waals surface area contributed by atoms with Crippen LogP contribution in [0.25, 0.3) is 0 Å². The molecule has 0 unspecified atom stereocenters. The standard InChI is InChI=1S/C11H8ClFN2O2S/c12-7-2-1-3-8(13)6(7)5-18-11-14-9(16)4-10(17)15-11/h1-4H,5H2,(H2,14,15,16,17). The van der Waals surface area contributed by atoms with Gasteiger partial charge in [-0.2, -0.15) is 4.98 Å². The van der Waals surface area contributed by atoms with Crippen molar-refractivity contribution in [3.63, 3.8) is 0 Å². The Labute approximate surface area is 111 Å². The summed E-state index contributed by atoms with van der Waals surface area (Å²) in [5, 5.41) is 9.67. The number of aromatic hydroxyl groups is 1. The van der Waals surface area contributed by atoms with Gasteiger partial charge in [0, 0.05) is 16.3 Å². The fourth-order valence-corrected chi connectivity index (χ4v) is 2.52. The van der Waals surface area contributed by atoms with Crippen LogP contribution < -0.4 is 5.56 Å². The topological polar surface area (TPSA) is 66.0 Å². The van der Waals surface area contributed by atoms with Gasteiger partial charge in [0.05, 0.1) is 6.07 Å². The van der Waals surface area contributed by atoms with E-state index in [9.17, 15) is 9.18 Å². The second kappa shape index (κ2) is 5.41. The van der Waals surface area contributed by atoms with E-state index in [2.05, 4.69) is 9.97 Å². The molecule has 0 atom stereocenters. The van der Waals surface area contributed by atoms with E-state index in [0.717, 1.165) is 17.8 Å². The summed E-state index contributed by atoms with van der Waals surface area (Å²) in [4.78, 5) is 17.2. The normalized spacial score (nSPS) is 10.6. The molecule has 4 nitrogen and oxygen atoms in total. The molecule has 18 heavy (non-hydrogen) atoms. The molecule has 0 amide bonds. The van der Waals surface area contributed by atoms with Gasteiger partial charge in [0.15, 0.2) is 5.16 Å². The molecule has 1 heterocycles. The smallest absolute Gasteiger partial charge is 0.255 e. The lowest BCUT2D eigenvalue weighted by Gasteiger charge is -2.05. The molecular weight excluding hydrogens is 279 g/mol. The van der Waals surface area contributed by atoms with E-state index in [4.69, 9.17) is 16.7 Å². The summed E-state index contributed by atoms with van der Waals surface area (Å²) in [6.45, 7) is 0. The van der Waals surface area contributed by atoms with Crippen LogP contribution in [-0.4, -0.2) is 15.1 Å². The number of benzene rings is 1. The van der Waals surface area contributed by atoms with E-state index >= 15 is 0 Å². The Morgan fingerprint density at radius 1 is 1.50 bits per heavy atom. The summed E-state index contributed by atoms with van der Waals surface area (Å²) < 4.78 is 13.5. The Morgan fingerprint density at radius 3 is 2.94 bits per heavy atom. The summed E-state index contributed by atoms with van der Waals surface area (Å²) in [6, 6.07) is 5.36. The van der Waals surface area contributed by atoms with Crippen LogP contribution >= 0.6 is 23.4 Å². The second-order valence-electron chi connectivity index (χ2n) is 3.40. The number of H-pyrrole nitrogens is 1. The van der Waals surface area contributed by atoms with E-state index in [1.54, 1.807) is 6.07 Å². The zero-order valence-corrected chi connectivity index (χ0v) is 10.6. The molecule has 0 spiro atoms. The molecule has 0 fully saturated rings. The highest BCUT2D eigenvalue weighted by atomic mass is 35.5. The lowest BCUT2D eigenvalue weighted by molar-refractivity contribution is 0.444. The van der Waals surface area contributed by atoms with Gasteiger partial charge in [0.25, 0.3) is 5.56 Å². The fourth-order valence-electron chi connectivity index (χ4n) is 1.30. The van der Waals surface area contributed by atoms with Gasteiger partial charge >= 0.3 is 0 Å². The highest BCUT2D eigenvalue weighted by Crippen LogP contribution is 2.26. The third kappa shape index (κ3) is 3.02. The van der Waals surface area contributed by atoms with Crippen LogP contribution in [-0.2, 0) is 5.75 Å². The van der Waals surface area contributed by atoms with Crippen LogP contribution in [0.2, 0.25) is 5.02 Å². The molecule has 0 aliphatic carbocycles. The molecule has 0 radical (unpaired) electrons. The molecule has 2 aromatic rings. The van der Waals surface area contributed by atoms with Gasteiger partial charge in [0.2, 0.25) is 5.88 Å². The van der Waals surface area contributed by atoms with Gasteiger partial charge in [-0.25, -0.2) is 4.39 Å². The van der Waals surface area contributed by atoms with Crippen molar-refractivity contribution in [2.24, 2.45) is 0 Å². The molecule has 7 heteroatoms. The van der Waals surface area contributed by atoms with Crippen molar-refractivity contribution in [2.45, 2.75) is 10.9 Å². The number of hydrogen-bond donors (Lipinski definition) is 2. The van der Waals surface area contributed by atoms with Crippen molar-refractivity contribution in [1.82, 2.24) is 9.97 Å². The number of thioether (sulfide) groups is 1. The van der Waals surface area contributed by atoms with Crippen LogP contribution in [0.3, 0.4) is 0 Å². The van der Waals surface area contributed by atoms with E-state index in [0.29, 0.717) is 10.6 Å². The summed E-state index contributed by atoms with van der Waals surface area (Å²) in [5.74, 6) is -0.587. The van der Waals surface area contributed by atoms with Crippen molar-refractivity contribution in [3.8, 4) is 5.88 Å². The van der Waals surface area contributed by atoms with Gasteiger partial charge in [-0.3, -0.25) is 4.79 Å². The largest absolute Gasteiger partial charge is 0.493 e. The van der Waals surface area contributed by atoms with Crippen molar-refractivity contribution in [3.05, 3.63) is 51.0 Å². The first-order valence-corrected chi connectivity index (χ1v) is 6.28. The molecule has 2 rings (SSSR count). The van der Waals surface area contributed by atoms with Crippen LogP contribution in [0.1, 0.15) is 5.56 Å². The molecule has 1 aromatic heterocycles. The quantitative estimate of drug-likeness (QED) is 0.672. The van der Waals surface area contributed by atoms with Crippen molar-refractivity contribution in [2.75, 3.05) is 0 Å². The third-order valence-corrected chi connectivity index (χ3v) is 3.38. The van der Waals surface area contributed by atoms with E-state index < -0.39 is 11.4 Å². The van der Waals surface area contributed by atoms with Crippen molar-refractivity contribution in [1.29, 1.82) is 0 Å². The van der Waals surface area contributed by atoms with Crippen LogP contribution in [0.15, 0.2) is 34.2 Å². The Bertz CT molecular complexity index is 612. The number of nitrogens with zero attached hydrogens (tertiary/aromatic N) is 1. The lowest BCUT2D eigenvalue weighted by atomic mass is 10.2. The van der Waals surface area contributed by atoms with Crippen LogP contribution in [0.4, 0.5) is 4.39 Å². The number of nitrogens with one attached hydrogen (secondary N) is 1. The number of hydrogen-bond acceptors (Lipinski definition) is 4. The maximum atomic E-state index is 13.5. The first-order chi connectivity index (χ1) is 8.56. The van der Waals surface area contributed by atoms with E-state index in [1.807, 2.05) is 0 Å². The molecule has 1 aromatic carbocycles. The first kappa shape index (κ1) is 12.9. The van der Waals surface area contributed by atoms with Gasteiger partial charge < -0.3 is 10.1 Å². The second-order valence-corrected chi connectivity index (χ2v) is 4.77. The lowest BCUT2D eigenvalue weighted by Crippen LogP contribution is -2.06. The zero-order valence-electron chi connectivity index (χ0n) is 8.98. The minimum absolute atomic E-state index is 0.206. The summed E-state index contributed by atoms with van der Waals surface area (Å²) in [7, 11) is 0. The van der Waals surface area contributed by atoms with E-state index in [-0.39, 0.29) is 16.8 Å². The van der Waals surface area contributed by atoms with Crippen LogP contribution in [0, 0.1) is 5.82 Å². The molecular formula is C11H8ClFN2O2S. The SMILES string of the molecule is O=c1cc(O)nc(SCc2c(F)cccc2Cl)[nH]1. The maximum absolute atomic E-state index is 13.5. The number of rotatable bonds is 3. The Hall–Kier alpha value is -1.53. The zero-order chi connectivity index (χ0) is 13.1. The number of halogens is 2. The van der Waals surface area contributed by atoms with Gasteiger partial charge in [-0.05, 0) is 12.1 Å². The minimum atomic E-state index is -0.468. The van der Waals surface area contributed by atoms with E-state index in [1.165, 1.54) is 12.1 Å². The third-order valence-electron chi connectivity index (χ3n) is 2.12. The van der Waals surface area contributed by atoms with Gasteiger partial charge in [0.1, 0.15) is 5.82 Å². The molecule has 0 saturated heterocycles. The van der Waals surface area contributed by atoms with Crippen LogP contribution in [0.5, 0.6) is 5.88 Å². The van der Waals surface area contributed by atoms with Gasteiger partial charge in [-0.15, -0.1) is 0 Å². The molecule has 2 N–H and O–H groups in total. The fraction of sp³-hybridized carbons (Fsp3) is 0.0909. The summed E-state index contributed by atoms with van der Waals surface area (Å²) in [5.41, 5.74) is -0.139. The molecule has 94 valence electrons. The predicted molar refractivity (Wildman–Crippen MR) is 67.5 cm³/mol. The average molecular weight is 287 g/mol. The maximum Gasteiger partial charge on any atom is 0.255 e. The summed E-state index contributed by atoms with van der Waals surface area (Å²) >= 11 is 6.94. The Balaban J connectivity index is 2.19. The highest BCUT2D eigenvalue weighted by Gasteiger charge is 2.08. The molecule has 0 aliphatic rings. The van der Waals surface area contributed by atoms with Crippen molar-refractivity contribution < 1.29 is 9.50 Å². The summed E-state index contributed by atoms with van der Waals surface area (Å²) in [6.07, 6.45) is 0. The molecule has 0 bridgehead atoms. The molecule has 0 aliphatic heterocycles. The molecule has 0 saturated carbocycles. The Kier molecular flexibility index (Phi) is 3.88.